The smallest absolute Gasteiger partial charge is 0.115 e. The van der Waals surface area contributed by atoms with Crippen molar-refractivity contribution >= 4 is 0 Å². The molecular weight excluding hydrogens is 138 g/mol. The van der Waals surface area contributed by atoms with Crippen LogP contribution in [0, 0.1) is 6.92 Å². The number of hydrogen-bond donors (Lipinski definition) is 1. The van der Waals surface area contributed by atoms with Gasteiger partial charge in [-0.25, -0.2) is 9.97 Å². The van der Waals surface area contributed by atoms with Crippen LogP contribution in [-0.4, -0.2) is 9.97 Å². The average molecular weight is 151 g/mol. The summed E-state index contributed by atoms with van der Waals surface area (Å²) in [6.07, 6.45) is 3.30. The molecule has 0 aliphatic heterocycles. The molecule has 0 fully saturated rings. The maximum absolute atomic E-state index is 5.87. The fourth-order valence-electron chi connectivity index (χ4n) is 1.07. The Morgan fingerprint density at radius 1 is 1.45 bits per heavy atom. The van der Waals surface area contributed by atoms with Crippen LogP contribution in [0.2, 0.25) is 0 Å². The van der Waals surface area contributed by atoms with Crippen LogP contribution in [0.4, 0.5) is 0 Å². The topological polar surface area (TPSA) is 51.8 Å². The molecule has 0 radical (unpaired) electrons. The van der Waals surface area contributed by atoms with Crippen LogP contribution >= 0.6 is 0 Å². The number of nitrogens with zero attached hydrogens (tertiary/aromatic N) is 2. The Labute approximate surface area is 66.7 Å². The van der Waals surface area contributed by atoms with Crippen LogP contribution in [0.1, 0.15) is 25.1 Å². The molecule has 0 aliphatic carbocycles. The third-order valence-corrected chi connectivity index (χ3v) is 1.51. The first-order chi connectivity index (χ1) is 5.02. The Morgan fingerprint density at radius 3 is 2.45 bits per heavy atom. The molecule has 0 saturated carbocycles. The number of aryl methyl sites for hydroxylation is 1. The van der Waals surface area contributed by atoms with Crippen molar-refractivity contribution in [2.24, 2.45) is 5.73 Å². The predicted octanol–water partition coefficient (Wildman–Crippen LogP) is 0.979. The van der Waals surface area contributed by atoms with Crippen molar-refractivity contribution in [2.45, 2.75) is 26.3 Å². The molecule has 0 spiro atoms. The Balaban J connectivity index is 3.14. The maximum atomic E-state index is 5.87. The summed E-state index contributed by atoms with van der Waals surface area (Å²) in [6, 6.07) is 0. The lowest BCUT2D eigenvalue weighted by Crippen LogP contribution is -2.30. The molecule has 0 bridgehead atoms. The van der Waals surface area contributed by atoms with Crippen LogP contribution in [0.3, 0.4) is 0 Å². The quantitative estimate of drug-likeness (QED) is 0.651. The van der Waals surface area contributed by atoms with E-state index in [-0.39, 0.29) is 5.54 Å². The van der Waals surface area contributed by atoms with Crippen molar-refractivity contribution in [1.29, 1.82) is 0 Å². The highest BCUT2D eigenvalue weighted by atomic mass is 14.9. The van der Waals surface area contributed by atoms with E-state index < -0.39 is 0 Å². The van der Waals surface area contributed by atoms with Gasteiger partial charge in [0.05, 0.1) is 11.2 Å². The highest BCUT2D eigenvalue weighted by Gasteiger charge is 2.17. The number of hydrogen-bond acceptors (Lipinski definition) is 3. The Kier molecular flexibility index (Phi) is 1.91. The SMILES string of the molecule is Cc1cncnc1C(C)(C)N. The molecule has 0 atom stereocenters. The van der Waals surface area contributed by atoms with Gasteiger partial charge in [-0.3, -0.25) is 0 Å². The first-order valence-corrected chi connectivity index (χ1v) is 3.58. The molecule has 2 N–H and O–H groups in total. The second-order valence-electron chi connectivity index (χ2n) is 3.28. The Hall–Kier alpha value is -0.960. The van der Waals surface area contributed by atoms with Gasteiger partial charge < -0.3 is 5.73 Å². The zero-order chi connectivity index (χ0) is 8.48. The van der Waals surface area contributed by atoms with E-state index in [0.717, 1.165) is 11.3 Å². The number of aromatic nitrogens is 2. The van der Waals surface area contributed by atoms with E-state index in [1.54, 1.807) is 6.20 Å². The monoisotopic (exact) mass is 151 g/mol. The minimum absolute atomic E-state index is 0.368. The minimum Gasteiger partial charge on any atom is -0.321 e. The molecular formula is C8H13N3. The predicted molar refractivity (Wildman–Crippen MR) is 44.0 cm³/mol. The molecule has 0 aromatic carbocycles. The first-order valence-electron chi connectivity index (χ1n) is 3.58. The van der Waals surface area contributed by atoms with Gasteiger partial charge in [-0.2, -0.15) is 0 Å². The summed E-state index contributed by atoms with van der Waals surface area (Å²) < 4.78 is 0. The number of nitrogens with two attached hydrogens (primary N) is 1. The lowest BCUT2D eigenvalue weighted by atomic mass is 9.99. The second-order valence-corrected chi connectivity index (χ2v) is 3.28. The number of rotatable bonds is 1. The highest BCUT2D eigenvalue weighted by molar-refractivity contribution is 5.20. The third kappa shape index (κ3) is 1.74. The summed E-state index contributed by atoms with van der Waals surface area (Å²) in [7, 11) is 0. The van der Waals surface area contributed by atoms with Crippen molar-refractivity contribution in [2.75, 3.05) is 0 Å². The highest BCUT2D eigenvalue weighted by Crippen LogP contribution is 2.16. The molecule has 1 aromatic heterocycles. The van der Waals surface area contributed by atoms with Crippen LogP contribution < -0.4 is 5.73 Å². The maximum Gasteiger partial charge on any atom is 0.115 e. The molecule has 11 heavy (non-hydrogen) atoms. The molecule has 1 aromatic rings. The Morgan fingerprint density at radius 2 is 2.09 bits per heavy atom. The molecule has 1 rings (SSSR count). The van der Waals surface area contributed by atoms with Gasteiger partial charge in [0.15, 0.2) is 0 Å². The molecule has 0 unspecified atom stereocenters. The summed E-state index contributed by atoms with van der Waals surface area (Å²) in [6.45, 7) is 5.83. The zero-order valence-corrected chi connectivity index (χ0v) is 7.13. The second kappa shape index (κ2) is 2.58. The molecule has 0 amide bonds. The fraction of sp³-hybridized carbons (Fsp3) is 0.500. The van der Waals surface area contributed by atoms with Gasteiger partial charge in [-0.05, 0) is 26.3 Å². The summed E-state index contributed by atoms with van der Waals surface area (Å²) in [5, 5.41) is 0. The summed E-state index contributed by atoms with van der Waals surface area (Å²) in [5.74, 6) is 0. The van der Waals surface area contributed by atoms with Crippen LogP contribution in [-0.2, 0) is 5.54 Å². The Bertz CT molecular complexity index is 250. The van der Waals surface area contributed by atoms with E-state index in [9.17, 15) is 0 Å². The molecule has 0 aliphatic rings. The normalized spacial score (nSPS) is 11.6. The zero-order valence-electron chi connectivity index (χ0n) is 7.13. The average Bonchev–Trinajstić information content (AvgIpc) is 1.86. The lowest BCUT2D eigenvalue weighted by Gasteiger charge is -2.18. The van der Waals surface area contributed by atoms with Gasteiger partial charge in [-0.15, -0.1) is 0 Å². The van der Waals surface area contributed by atoms with E-state index in [2.05, 4.69) is 9.97 Å². The van der Waals surface area contributed by atoms with E-state index in [1.165, 1.54) is 6.33 Å². The van der Waals surface area contributed by atoms with Gasteiger partial charge in [0, 0.05) is 6.20 Å². The van der Waals surface area contributed by atoms with E-state index in [4.69, 9.17) is 5.73 Å². The van der Waals surface area contributed by atoms with E-state index in [1.807, 2.05) is 20.8 Å². The molecule has 3 heteroatoms. The first kappa shape index (κ1) is 8.14. The van der Waals surface area contributed by atoms with Crippen LogP contribution in [0.5, 0.6) is 0 Å². The van der Waals surface area contributed by atoms with Gasteiger partial charge in [0.25, 0.3) is 0 Å². The summed E-state index contributed by atoms with van der Waals surface area (Å²) >= 11 is 0. The molecule has 0 saturated heterocycles. The van der Waals surface area contributed by atoms with Gasteiger partial charge >= 0.3 is 0 Å². The summed E-state index contributed by atoms with van der Waals surface area (Å²) in [4.78, 5) is 8.01. The molecule has 1 heterocycles. The van der Waals surface area contributed by atoms with Crippen LogP contribution in [0.15, 0.2) is 12.5 Å². The van der Waals surface area contributed by atoms with Crippen molar-refractivity contribution in [3.63, 3.8) is 0 Å². The molecule has 3 nitrogen and oxygen atoms in total. The van der Waals surface area contributed by atoms with Crippen molar-refractivity contribution in [1.82, 2.24) is 9.97 Å². The largest absolute Gasteiger partial charge is 0.321 e. The van der Waals surface area contributed by atoms with Gasteiger partial charge in [0.1, 0.15) is 6.33 Å². The minimum atomic E-state index is -0.368. The van der Waals surface area contributed by atoms with Crippen molar-refractivity contribution in [3.05, 3.63) is 23.8 Å². The van der Waals surface area contributed by atoms with Gasteiger partial charge in [-0.1, -0.05) is 0 Å². The van der Waals surface area contributed by atoms with E-state index >= 15 is 0 Å². The van der Waals surface area contributed by atoms with Crippen molar-refractivity contribution in [3.8, 4) is 0 Å². The fourth-order valence-corrected chi connectivity index (χ4v) is 1.07. The summed E-state index contributed by atoms with van der Waals surface area (Å²) in [5.41, 5.74) is 7.45. The standard InChI is InChI=1S/C8H13N3/c1-6-4-10-5-11-7(6)8(2,3)9/h4-5H,9H2,1-3H3. The van der Waals surface area contributed by atoms with Crippen molar-refractivity contribution < 1.29 is 0 Å². The van der Waals surface area contributed by atoms with Gasteiger partial charge in [0.2, 0.25) is 0 Å². The van der Waals surface area contributed by atoms with E-state index in [0.29, 0.717) is 0 Å². The lowest BCUT2D eigenvalue weighted by molar-refractivity contribution is 0.529. The van der Waals surface area contributed by atoms with Crippen LogP contribution in [0.25, 0.3) is 0 Å². The molecule has 60 valence electrons. The third-order valence-electron chi connectivity index (χ3n) is 1.51.